The molecule has 1 aliphatic rings. The molecule has 32 heavy (non-hydrogen) atoms. The van der Waals surface area contributed by atoms with Crippen molar-refractivity contribution in [2.45, 2.75) is 32.1 Å². The summed E-state index contributed by atoms with van der Waals surface area (Å²) in [6.07, 6.45) is -3.71. The maximum absolute atomic E-state index is 13.8. The van der Waals surface area contributed by atoms with Crippen molar-refractivity contribution in [2.24, 2.45) is 0 Å². The molecular formula is C23H26F3N3O3. The number of hydrogen-bond donors (Lipinski definition) is 2. The van der Waals surface area contributed by atoms with Crippen molar-refractivity contribution in [3.8, 4) is 0 Å². The molecule has 0 unspecified atom stereocenters. The Morgan fingerprint density at radius 3 is 2.50 bits per heavy atom. The van der Waals surface area contributed by atoms with Gasteiger partial charge in [-0.05, 0) is 62.8 Å². The normalized spacial score (nSPS) is 17.0. The summed E-state index contributed by atoms with van der Waals surface area (Å²) in [5, 5.41) is 11.7. The molecule has 1 atom stereocenters. The molecule has 2 aromatic rings. The fraction of sp³-hybridized carbons (Fsp3) is 0.391. The van der Waals surface area contributed by atoms with Crippen LogP contribution in [-0.2, 0) is 12.7 Å². The average Bonchev–Trinajstić information content (AvgIpc) is 3.17. The zero-order chi connectivity index (χ0) is 23.6. The van der Waals surface area contributed by atoms with Gasteiger partial charge in [0.15, 0.2) is 0 Å². The van der Waals surface area contributed by atoms with Crippen molar-refractivity contribution in [3.05, 3.63) is 64.2 Å². The Bertz CT molecular complexity index is 1020. The number of carbonyl (C=O) groups is 2. The second kappa shape index (κ2) is 9.30. The summed E-state index contributed by atoms with van der Waals surface area (Å²) in [5.41, 5.74) is -0.146. The first kappa shape index (κ1) is 23.7. The van der Waals surface area contributed by atoms with Crippen molar-refractivity contribution >= 4 is 17.6 Å². The zero-order valence-electron chi connectivity index (χ0n) is 18.2. The van der Waals surface area contributed by atoms with Gasteiger partial charge in [-0.1, -0.05) is 12.1 Å². The molecule has 0 radical (unpaired) electrons. The molecule has 1 aliphatic heterocycles. The third-order valence-corrected chi connectivity index (χ3v) is 5.78. The fourth-order valence-corrected chi connectivity index (χ4v) is 3.87. The second-order valence-electron chi connectivity index (χ2n) is 8.30. The van der Waals surface area contributed by atoms with Crippen LogP contribution < -0.4 is 5.32 Å². The van der Waals surface area contributed by atoms with Gasteiger partial charge in [0.1, 0.15) is 0 Å². The number of rotatable bonds is 6. The lowest BCUT2D eigenvalue weighted by molar-refractivity contribution is -0.138. The average molecular weight is 449 g/mol. The minimum Gasteiger partial charge on any atom is -0.478 e. The maximum Gasteiger partial charge on any atom is 0.416 e. The molecule has 9 heteroatoms. The quantitative estimate of drug-likeness (QED) is 0.695. The van der Waals surface area contributed by atoms with Crippen LogP contribution in [0.2, 0.25) is 0 Å². The van der Waals surface area contributed by atoms with Crippen molar-refractivity contribution in [3.63, 3.8) is 0 Å². The number of likely N-dealkylation sites (tertiary alicyclic amines) is 1. The summed E-state index contributed by atoms with van der Waals surface area (Å²) >= 11 is 0. The Morgan fingerprint density at radius 2 is 1.91 bits per heavy atom. The van der Waals surface area contributed by atoms with Crippen LogP contribution in [0.15, 0.2) is 36.4 Å². The number of aryl methyl sites for hydroxylation is 1. The van der Waals surface area contributed by atoms with E-state index in [1.54, 1.807) is 6.92 Å². The molecule has 0 saturated carbocycles. The number of alkyl halides is 3. The molecule has 3 rings (SSSR count). The molecule has 2 aromatic carbocycles. The predicted molar refractivity (Wildman–Crippen MR) is 115 cm³/mol. The summed E-state index contributed by atoms with van der Waals surface area (Å²) in [5.74, 6) is -1.89. The van der Waals surface area contributed by atoms with E-state index in [1.807, 2.05) is 19.0 Å². The first-order valence-corrected chi connectivity index (χ1v) is 10.2. The van der Waals surface area contributed by atoms with E-state index >= 15 is 0 Å². The van der Waals surface area contributed by atoms with Gasteiger partial charge in [-0.15, -0.1) is 0 Å². The lowest BCUT2D eigenvalue weighted by atomic mass is 10.0. The maximum atomic E-state index is 13.8. The van der Waals surface area contributed by atoms with Crippen LogP contribution in [0, 0.1) is 6.92 Å². The molecule has 0 aliphatic carbocycles. The number of likely N-dealkylation sites (N-methyl/N-ethyl adjacent to an activating group) is 1. The largest absolute Gasteiger partial charge is 0.478 e. The summed E-state index contributed by atoms with van der Waals surface area (Å²) in [6, 6.07) is 8.19. The van der Waals surface area contributed by atoms with E-state index < -0.39 is 23.6 Å². The van der Waals surface area contributed by atoms with Gasteiger partial charge in [0.05, 0.1) is 11.1 Å². The van der Waals surface area contributed by atoms with E-state index in [9.17, 15) is 27.9 Å². The van der Waals surface area contributed by atoms with E-state index in [1.165, 1.54) is 30.3 Å². The van der Waals surface area contributed by atoms with E-state index in [-0.39, 0.29) is 28.9 Å². The summed E-state index contributed by atoms with van der Waals surface area (Å²) in [4.78, 5) is 27.9. The van der Waals surface area contributed by atoms with Gasteiger partial charge < -0.3 is 15.3 Å². The molecule has 0 spiro atoms. The van der Waals surface area contributed by atoms with Crippen molar-refractivity contribution in [2.75, 3.05) is 32.5 Å². The molecule has 6 nitrogen and oxygen atoms in total. The summed E-state index contributed by atoms with van der Waals surface area (Å²) < 4.78 is 41.3. The molecule has 1 heterocycles. The van der Waals surface area contributed by atoms with Gasteiger partial charge in [-0.2, -0.15) is 13.2 Å². The second-order valence-corrected chi connectivity index (χ2v) is 8.30. The van der Waals surface area contributed by atoms with Gasteiger partial charge in [0, 0.05) is 36.9 Å². The number of hydrogen-bond acceptors (Lipinski definition) is 4. The number of benzene rings is 2. The van der Waals surface area contributed by atoms with Crippen LogP contribution in [-0.4, -0.2) is 60.0 Å². The van der Waals surface area contributed by atoms with E-state index in [4.69, 9.17) is 0 Å². The number of nitrogens with one attached hydrogen (secondary N) is 1. The third kappa shape index (κ3) is 5.46. The molecule has 0 aromatic heterocycles. The number of anilines is 1. The Hall–Kier alpha value is -2.91. The van der Waals surface area contributed by atoms with E-state index in [0.717, 1.165) is 12.5 Å². The Kier molecular flexibility index (Phi) is 6.90. The number of amides is 1. The first-order valence-electron chi connectivity index (χ1n) is 10.2. The number of carboxylic acids is 1. The monoisotopic (exact) mass is 449 g/mol. The Labute approximate surface area is 184 Å². The SMILES string of the molecule is Cc1ccc(NC(=O)c2ccc(CN3CC[C@@H](N(C)C)C3)c(C(F)(F)F)c2)cc1C(=O)O. The molecular weight excluding hydrogens is 423 g/mol. The number of carbonyl (C=O) groups excluding carboxylic acids is 1. The highest BCUT2D eigenvalue weighted by Gasteiger charge is 2.35. The van der Waals surface area contributed by atoms with E-state index in [2.05, 4.69) is 10.2 Å². The van der Waals surface area contributed by atoms with Crippen molar-refractivity contribution in [1.82, 2.24) is 9.80 Å². The topological polar surface area (TPSA) is 72.9 Å². The minimum absolute atomic E-state index is 0.00997. The Morgan fingerprint density at radius 1 is 1.19 bits per heavy atom. The standard InChI is InChI=1S/C23H26F3N3O3/c1-14-4-7-17(11-19(14)22(31)32)27-21(30)15-5-6-16(20(10-15)23(24,25)26)12-29-9-8-18(13-29)28(2)3/h4-7,10-11,18H,8-9,12-13H2,1-3H3,(H,27,30)(H,31,32)/t18-/m1/s1. The van der Waals surface area contributed by atoms with Crippen LogP contribution in [0.25, 0.3) is 0 Å². The summed E-state index contributed by atoms with van der Waals surface area (Å²) in [6.45, 7) is 3.17. The van der Waals surface area contributed by atoms with Gasteiger partial charge in [0.25, 0.3) is 5.91 Å². The van der Waals surface area contributed by atoms with Gasteiger partial charge >= 0.3 is 12.1 Å². The number of halogens is 3. The Balaban J connectivity index is 1.82. The lowest BCUT2D eigenvalue weighted by Crippen LogP contribution is -2.31. The number of nitrogens with zero attached hydrogens (tertiary/aromatic N) is 2. The minimum atomic E-state index is -4.60. The van der Waals surface area contributed by atoms with Crippen molar-refractivity contribution in [1.29, 1.82) is 0 Å². The molecule has 1 amide bonds. The zero-order valence-corrected chi connectivity index (χ0v) is 18.2. The molecule has 2 N–H and O–H groups in total. The molecule has 0 bridgehead atoms. The number of carboxylic acid groups (broad SMARTS) is 1. The predicted octanol–water partition coefficient (Wildman–Crippen LogP) is 4.10. The van der Waals surface area contributed by atoms with Crippen LogP contribution in [0.5, 0.6) is 0 Å². The van der Waals surface area contributed by atoms with Crippen LogP contribution in [0.4, 0.5) is 18.9 Å². The highest BCUT2D eigenvalue weighted by atomic mass is 19.4. The first-order chi connectivity index (χ1) is 15.0. The van der Waals surface area contributed by atoms with Gasteiger partial charge in [-0.25, -0.2) is 4.79 Å². The number of aromatic carboxylic acids is 1. The smallest absolute Gasteiger partial charge is 0.416 e. The van der Waals surface area contributed by atoms with Crippen LogP contribution >= 0.6 is 0 Å². The summed E-state index contributed by atoms with van der Waals surface area (Å²) in [7, 11) is 3.91. The molecule has 172 valence electrons. The lowest BCUT2D eigenvalue weighted by Gasteiger charge is -2.22. The fourth-order valence-electron chi connectivity index (χ4n) is 3.87. The van der Waals surface area contributed by atoms with E-state index in [0.29, 0.717) is 24.7 Å². The highest BCUT2D eigenvalue weighted by Crippen LogP contribution is 2.34. The van der Waals surface area contributed by atoms with Crippen molar-refractivity contribution < 1.29 is 27.9 Å². The molecule has 1 saturated heterocycles. The van der Waals surface area contributed by atoms with Crippen LogP contribution in [0.1, 0.15) is 43.8 Å². The molecule has 1 fully saturated rings. The third-order valence-electron chi connectivity index (χ3n) is 5.78. The van der Waals surface area contributed by atoms with Gasteiger partial charge in [-0.3, -0.25) is 9.69 Å². The highest BCUT2D eigenvalue weighted by molar-refractivity contribution is 6.05. The van der Waals surface area contributed by atoms with Gasteiger partial charge in [0.2, 0.25) is 0 Å². The van der Waals surface area contributed by atoms with Crippen LogP contribution in [0.3, 0.4) is 0 Å².